The van der Waals surface area contributed by atoms with Crippen LogP contribution in [0.4, 0.5) is 9.59 Å². The number of carbonyl (C=O) groups excluding carboxylic acids is 2. The summed E-state index contributed by atoms with van der Waals surface area (Å²) in [6, 6.07) is 20.0. The molecule has 2 aromatic carbocycles. The Morgan fingerprint density at radius 2 is 1.66 bits per heavy atom. The van der Waals surface area contributed by atoms with Gasteiger partial charge in [-0.1, -0.05) is 81.4 Å². The number of pyridine rings is 1. The number of methoxy groups -OCH3 is 1. The number of carbonyl (C=O) groups is 3. The predicted molar refractivity (Wildman–Crippen MR) is 186 cm³/mol. The van der Waals surface area contributed by atoms with E-state index in [1.807, 2.05) is 93.6 Å². The van der Waals surface area contributed by atoms with Crippen LogP contribution in [0.25, 0.3) is 11.3 Å². The smallest absolute Gasteiger partial charge is 0.407 e. The van der Waals surface area contributed by atoms with E-state index in [4.69, 9.17) is 14.2 Å². The van der Waals surface area contributed by atoms with Crippen molar-refractivity contribution in [3.05, 3.63) is 90.1 Å². The highest BCUT2D eigenvalue weighted by Crippen LogP contribution is 2.36. The number of hydrogen-bond acceptors (Lipinski definition) is 8. The maximum absolute atomic E-state index is 13.9. The number of aliphatic hydroxyl groups is 1. The summed E-state index contributed by atoms with van der Waals surface area (Å²) < 4.78 is 16.3. The average molecular weight is 689 g/mol. The Kier molecular flexibility index (Phi) is 12.1. The Morgan fingerprint density at radius 3 is 2.30 bits per heavy atom. The van der Waals surface area contributed by atoms with Gasteiger partial charge in [0.2, 0.25) is 5.91 Å². The molecule has 0 aliphatic carbocycles. The van der Waals surface area contributed by atoms with Gasteiger partial charge in [0.25, 0.3) is 0 Å². The third-order valence-electron chi connectivity index (χ3n) is 9.55. The van der Waals surface area contributed by atoms with Crippen LogP contribution in [-0.2, 0) is 31.8 Å². The molecule has 2 fully saturated rings. The minimum absolute atomic E-state index is 0.0253. The van der Waals surface area contributed by atoms with Crippen molar-refractivity contribution < 1.29 is 38.8 Å². The van der Waals surface area contributed by atoms with Crippen LogP contribution in [0, 0.1) is 11.3 Å². The molecule has 268 valence electrons. The fraction of sp³-hybridized carbons (Fsp3) is 0.474. The highest BCUT2D eigenvalue weighted by Gasteiger charge is 2.48. The van der Waals surface area contributed by atoms with Crippen molar-refractivity contribution in [1.29, 1.82) is 0 Å². The van der Waals surface area contributed by atoms with E-state index < -0.39 is 60.1 Å². The molecule has 3 heterocycles. The largest absolute Gasteiger partial charge is 0.465 e. The van der Waals surface area contributed by atoms with E-state index in [-0.39, 0.29) is 25.4 Å². The number of alkyl carbamates (subject to hydrolysis) is 1. The SMILES string of the molecule is COC(=O)N[C@H](C(=O)N[C@@H](Cc1ccc(-c2ccccn2)cc1)[C@@H](O)C[C@H](Cc1ccccc1)N(C(=O)O)[C@H]1COC2OCCC21)C(C)(C)C. The minimum Gasteiger partial charge on any atom is -0.465 e. The van der Waals surface area contributed by atoms with Gasteiger partial charge < -0.3 is 35.1 Å². The molecule has 12 heteroatoms. The number of nitrogens with zero attached hydrogens (tertiary/aromatic N) is 2. The molecule has 7 atom stereocenters. The predicted octanol–water partition coefficient (Wildman–Crippen LogP) is 4.65. The van der Waals surface area contributed by atoms with Crippen molar-refractivity contribution in [1.82, 2.24) is 20.5 Å². The molecule has 3 aromatic rings. The highest BCUT2D eigenvalue weighted by atomic mass is 16.7. The molecule has 3 amide bonds. The number of amides is 3. The molecule has 0 bridgehead atoms. The number of benzene rings is 2. The molecule has 2 saturated heterocycles. The average Bonchev–Trinajstić information content (AvgIpc) is 3.72. The Bertz CT molecular complexity index is 1570. The molecule has 2 aliphatic rings. The van der Waals surface area contributed by atoms with Gasteiger partial charge in [0.05, 0.1) is 44.2 Å². The van der Waals surface area contributed by atoms with Crippen molar-refractivity contribution in [2.24, 2.45) is 11.3 Å². The molecule has 2 aliphatic heterocycles. The molecule has 0 radical (unpaired) electrons. The highest BCUT2D eigenvalue weighted by molar-refractivity contribution is 5.86. The normalized spacial score (nSPS) is 20.9. The Balaban J connectivity index is 1.45. The van der Waals surface area contributed by atoms with Gasteiger partial charge in [-0.3, -0.25) is 14.7 Å². The monoisotopic (exact) mass is 688 g/mol. The lowest BCUT2D eigenvalue weighted by atomic mass is 9.85. The maximum Gasteiger partial charge on any atom is 0.407 e. The Morgan fingerprint density at radius 1 is 0.960 bits per heavy atom. The first kappa shape index (κ1) is 36.8. The molecule has 4 N–H and O–H groups in total. The van der Waals surface area contributed by atoms with E-state index >= 15 is 0 Å². The summed E-state index contributed by atoms with van der Waals surface area (Å²) in [5, 5.41) is 28.3. The van der Waals surface area contributed by atoms with Crippen LogP contribution in [0.3, 0.4) is 0 Å². The van der Waals surface area contributed by atoms with Crippen LogP contribution < -0.4 is 10.6 Å². The summed E-state index contributed by atoms with van der Waals surface area (Å²) >= 11 is 0. The number of carboxylic acid groups (broad SMARTS) is 1. The zero-order chi connectivity index (χ0) is 35.8. The number of ether oxygens (including phenoxy) is 3. The lowest BCUT2D eigenvalue weighted by Crippen LogP contribution is -2.58. The van der Waals surface area contributed by atoms with E-state index in [1.54, 1.807) is 6.20 Å². The van der Waals surface area contributed by atoms with Crippen LogP contribution in [0.1, 0.15) is 44.7 Å². The van der Waals surface area contributed by atoms with Crippen LogP contribution in [0.15, 0.2) is 79.0 Å². The summed E-state index contributed by atoms with van der Waals surface area (Å²) in [6.07, 6.45) is -0.499. The Hall–Kier alpha value is -4.52. The molecule has 1 aromatic heterocycles. The third kappa shape index (κ3) is 9.17. The van der Waals surface area contributed by atoms with E-state index in [2.05, 4.69) is 15.6 Å². The molecule has 12 nitrogen and oxygen atoms in total. The minimum atomic E-state index is -1.18. The quantitative estimate of drug-likeness (QED) is 0.201. The first-order valence-corrected chi connectivity index (χ1v) is 17.1. The number of rotatable bonds is 13. The molecule has 5 rings (SSSR count). The topological polar surface area (TPSA) is 160 Å². The summed E-state index contributed by atoms with van der Waals surface area (Å²) in [7, 11) is 1.23. The zero-order valence-electron chi connectivity index (χ0n) is 29.0. The molecule has 0 saturated carbocycles. The van der Waals surface area contributed by atoms with Crippen LogP contribution >= 0.6 is 0 Å². The number of aliphatic hydroxyl groups excluding tert-OH is 1. The van der Waals surface area contributed by atoms with Crippen molar-refractivity contribution in [3.63, 3.8) is 0 Å². The van der Waals surface area contributed by atoms with Gasteiger partial charge in [0.1, 0.15) is 6.04 Å². The lowest BCUT2D eigenvalue weighted by Gasteiger charge is -2.38. The van der Waals surface area contributed by atoms with Gasteiger partial charge in [-0.25, -0.2) is 9.59 Å². The summed E-state index contributed by atoms with van der Waals surface area (Å²) in [5.74, 6) is -0.617. The molecule has 0 spiro atoms. The van der Waals surface area contributed by atoms with E-state index in [0.29, 0.717) is 19.4 Å². The van der Waals surface area contributed by atoms with Crippen molar-refractivity contribution in [2.45, 2.75) is 83.0 Å². The van der Waals surface area contributed by atoms with Crippen molar-refractivity contribution >= 4 is 18.1 Å². The molecule has 50 heavy (non-hydrogen) atoms. The summed E-state index contributed by atoms with van der Waals surface area (Å²) in [6.45, 7) is 6.14. The lowest BCUT2D eigenvalue weighted by molar-refractivity contribution is -0.127. The van der Waals surface area contributed by atoms with Gasteiger partial charge in [-0.2, -0.15) is 0 Å². The second-order valence-corrected chi connectivity index (χ2v) is 14.1. The van der Waals surface area contributed by atoms with E-state index in [0.717, 1.165) is 22.4 Å². The second-order valence-electron chi connectivity index (χ2n) is 14.1. The maximum atomic E-state index is 13.9. The second kappa shape index (κ2) is 16.5. The summed E-state index contributed by atoms with van der Waals surface area (Å²) in [4.78, 5) is 45.0. The number of nitrogens with one attached hydrogen (secondary N) is 2. The van der Waals surface area contributed by atoms with Crippen LogP contribution in [-0.4, -0.2) is 95.1 Å². The fourth-order valence-electron chi connectivity index (χ4n) is 6.92. The van der Waals surface area contributed by atoms with E-state index in [9.17, 15) is 24.6 Å². The molecular weight excluding hydrogens is 640 g/mol. The van der Waals surface area contributed by atoms with Gasteiger partial charge in [0.15, 0.2) is 6.29 Å². The first-order valence-electron chi connectivity index (χ1n) is 17.1. The Labute approximate surface area is 293 Å². The van der Waals surface area contributed by atoms with Gasteiger partial charge in [-0.15, -0.1) is 0 Å². The number of hydrogen-bond donors (Lipinski definition) is 4. The third-order valence-corrected chi connectivity index (χ3v) is 9.55. The molecular formula is C38H48N4O8. The standard InChI is InChI=1S/C38H48N4O8/c1-38(2,3)33(41-36(45)48-4)34(44)40-30(21-25-13-15-26(16-14-25)29-12-8-9-18-39-29)32(43)22-27(20-24-10-6-5-7-11-24)42(37(46)47)31-23-50-35-28(31)17-19-49-35/h5-16,18,27-28,30-33,35,43H,17,19-23H2,1-4H3,(H,40,44)(H,41,45)(H,46,47)/t27-,28?,30-,31-,32-,33+,35?/m0/s1. The fourth-order valence-corrected chi connectivity index (χ4v) is 6.92. The molecule has 2 unspecified atom stereocenters. The first-order chi connectivity index (χ1) is 23.9. The zero-order valence-corrected chi connectivity index (χ0v) is 29.0. The number of fused-ring (bicyclic) bond motifs is 1. The van der Waals surface area contributed by atoms with E-state index in [1.165, 1.54) is 12.0 Å². The van der Waals surface area contributed by atoms with Crippen LogP contribution in [0.5, 0.6) is 0 Å². The van der Waals surface area contributed by atoms with Crippen LogP contribution in [0.2, 0.25) is 0 Å². The van der Waals surface area contributed by atoms with Gasteiger partial charge in [0, 0.05) is 23.7 Å². The number of aromatic nitrogens is 1. The van der Waals surface area contributed by atoms with Gasteiger partial charge in [-0.05, 0) is 54.4 Å². The summed E-state index contributed by atoms with van der Waals surface area (Å²) in [5.41, 5.74) is 2.78. The van der Waals surface area contributed by atoms with Gasteiger partial charge >= 0.3 is 12.2 Å². The van der Waals surface area contributed by atoms with Crippen molar-refractivity contribution in [2.75, 3.05) is 20.3 Å². The van der Waals surface area contributed by atoms with Crippen molar-refractivity contribution in [3.8, 4) is 11.3 Å².